The molecule has 142 valence electrons. The van der Waals surface area contributed by atoms with Crippen LogP contribution in [0.5, 0.6) is 0 Å². The number of ether oxygens (including phenoxy) is 2. The smallest absolute Gasteiger partial charge is 0.114 e. The van der Waals surface area contributed by atoms with Gasteiger partial charge in [0.25, 0.3) is 0 Å². The molecule has 1 saturated heterocycles. The lowest BCUT2D eigenvalue weighted by molar-refractivity contribution is -0.0730. The number of rotatable bonds is 14. The summed E-state index contributed by atoms with van der Waals surface area (Å²) in [5, 5.41) is 28.4. The van der Waals surface area contributed by atoms with Crippen LogP contribution < -0.4 is 0 Å². The van der Waals surface area contributed by atoms with Gasteiger partial charge in [-0.3, -0.25) is 0 Å². The fraction of sp³-hybridized carbons (Fsp3) is 0.895. The Kier molecular flexibility index (Phi) is 12.4. The first-order valence-corrected chi connectivity index (χ1v) is 9.55. The molecule has 0 spiro atoms. The molecule has 0 unspecified atom stereocenters. The van der Waals surface area contributed by atoms with Crippen LogP contribution in [0.15, 0.2) is 12.2 Å². The number of hydrogen-bond acceptors (Lipinski definition) is 5. The Bertz CT molecular complexity index is 321. The van der Waals surface area contributed by atoms with Gasteiger partial charge in [0.05, 0.1) is 13.2 Å². The van der Waals surface area contributed by atoms with E-state index < -0.39 is 31.0 Å². The average Bonchev–Trinajstić information content (AvgIpc) is 2.96. The minimum Gasteiger partial charge on any atom is -0.394 e. The zero-order chi connectivity index (χ0) is 17.6. The molecule has 0 saturated carbocycles. The highest BCUT2D eigenvalue weighted by atomic mass is 16.6. The van der Waals surface area contributed by atoms with E-state index in [0.717, 1.165) is 12.8 Å². The van der Waals surface area contributed by atoms with Crippen LogP contribution >= 0.6 is 0 Å². The fourth-order valence-corrected chi connectivity index (χ4v) is 2.89. The van der Waals surface area contributed by atoms with E-state index in [1.807, 2.05) is 0 Å². The number of allylic oxidation sites excluding steroid dienone is 2. The summed E-state index contributed by atoms with van der Waals surface area (Å²) in [7, 11) is 0. The monoisotopic (exact) mass is 344 g/mol. The lowest BCUT2D eigenvalue weighted by Gasteiger charge is -2.20. The van der Waals surface area contributed by atoms with Gasteiger partial charge < -0.3 is 24.8 Å². The van der Waals surface area contributed by atoms with Crippen LogP contribution in [0.4, 0.5) is 0 Å². The molecule has 4 atom stereocenters. The average molecular weight is 344 g/mol. The van der Waals surface area contributed by atoms with Crippen LogP contribution in [-0.4, -0.2) is 59.6 Å². The summed E-state index contributed by atoms with van der Waals surface area (Å²) < 4.78 is 10.9. The van der Waals surface area contributed by atoms with Crippen LogP contribution in [-0.2, 0) is 9.47 Å². The molecule has 1 fully saturated rings. The molecule has 5 heteroatoms. The van der Waals surface area contributed by atoms with Crippen molar-refractivity contribution < 1.29 is 24.8 Å². The highest BCUT2D eigenvalue weighted by Crippen LogP contribution is 2.20. The second-order valence-corrected chi connectivity index (χ2v) is 6.62. The maximum atomic E-state index is 10.00. The topological polar surface area (TPSA) is 79.2 Å². The number of aliphatic hydroxyl groups is 3. The third kappa shape index (κ3) is 8.58. The molecule has 0 amide bonds. The standard InChI is InChI=1S/C19H36O5/c1-2-3-4-5-6-7-8-9-10-11-12-13-23-17-15-24-19(18(17)22)16(21)14-20/h5-6,16-22H,2-4,7-15H2,1H3/b6-5+/t16-,17+,18+,19+/m0/s1. The van der Waals surface area contributed by atoms with Crippen molar-refractivity contribution in [2.45, 2.75) is 89.1 Å². The molecule has 0 aromatic heterocycles. The molecular weight excluding hydrogens is 308 g/mol. The number of unbranched alkanes of at least 4 members (excludes halogenated alkanes) is 7. The molecule has 0 radical (unpaired) electrons. The van der Waals surface area contributed by atoms with Crippen molar-refractivity contribution in [3.05, 3.63) is 12.2 Å². The van der Waals surface area contributed by atoms with Gasteiger partial charge in [-0.25, -0.2) is 0 Å². The van der Waals surface area contributed by atoms with E-state index in [1.165, 1.54) is 44.9 Å². The summed E-state index contributed by atoms with van der Waals surface area (Å²) >= 11 is 0. The second-order valence-electron chi connectivity index (χ2n) is 6.62. The van der Waals surface area contributed by atoms with Gasteiger partial charge in [0.2, 0.25) is 0 Å². The highest BCUT2D eigenvalue weighted by molar-refractivity contribution is 4.88. The molecule has 0 bridgehead atoms. The van der Waals surface area contributed by atoms with Crippen molar-refractivity contribution in [1.82, 2.24) is 0 Å². The van der Waals surface area contributed by atoms with Gasteiger partial charge in [0, 0.05) is 6.61 Å². The van der Waals surface area contributed by atoms with Gasteiger partial charge in [-0.05, 0) is 25.7 Å². The normalized spacial score (nSPS) is 25.6. The predicted molar refractivity (Wildman–Crippen MR) is 94.9 cm³/mol. The molecule has 1 aliphatic rings. The van der Waals surface area contributed by atoms with E-state index in [4.69, 9.17) is 14.6 Å². The summed E-state index contributed by atoms with van der Waals surface area (Å²) in [4.78, 5) is 0. The minimum absolute atomic E-state index is 0.271. The molecule has 0 aromatic rings. The van der Waals surface area contributed by atoms with Crippen LogP contribution in [0.1, 0.15) is 64.7 Å². The molecule has 1 aliphatic heterocycles. The van der Waals surface area contributed by atoms with Gasteiger partial charge in [-0.1, -0.05) is 51.2 Å². The van der Waals surface area contributed by atoms with E-state index in [-0.39, 0.29) is 6.61 Å². The Morgan fingerprint density at radius 1 is 1.08 bits per heavy atom. The Labute approximate surface area is 146 Å². The lowest BCUT2D eigenvalue weighted by Crippen LogP contribution is -2.41. The molecule has 0 aliphatic carbocycles. The van der Waals surface area contributed by atoms with Crippen LogP contribution in [0, 0.1) is 0 Å². The van der Waals surface area contributed by atoms with Crippen molar-refractivity contribution in [1.29, 1.82) is 0 Å². The van der Waals surface area contributed by atoms with Gasteiger partial charge in [0.1, 0.15) is 24.4 Å². The van der Waals surface area contributed by atoms with Gasteiger partial charge in [0.15, 0.2) is 0 Å². The van der Waals surface area contributed by atoms with Crippen LogP contribution in [0.25, 0.3) is 0 Å². The Hall–Kier alpha value is -0.460. The van der Waals surface area contributed by atoms with Crippen molar-refractivity contribution in [2.75, 3.05) is 19.8 Å². The van der Waals surface area contributed by atoms with Crippen LogP contribution in [0.3, 0.4) is 0 Å². The van der Waals surface area contributed by atoms with Gasteiger partial charge >= 0.3 is 0 Å². The summed E-state index contributed by atoms with van der Waals surface area (Å²) in [6.45, 7) is 2.67. The van der Waals surface area contributed by atoms with Crippen molar-refractivity contribution in [3.63, 3.8) is 0 Å². The maximum absolute atomic E-state index is 10.00. The van der Waals surface area contributed by atoms with Gasteiger partial charge in [-0.15, -0.1) is 0 Å². The van der Waals surface area contributed by atoms with Crippen LogP contribution in [0.2, 0.25) is 0 Å². The SMILES string of the molecule is CCCC/C=C/CCCCCCCO[C@@H]1CO[C@H]([C@@H](O)CO)[C@@H]1O. The third-order valence-electron chi connectivity index (χ3n) is 4.47. The Morgan fingerprint density at radius 3 is 2.46 bits per heavy atom. The summed E-state index contributed by atoms with van der Waals surface area (Å²) in [6.07, 6.45) is 12.3. The lowest BCUT2D eigenvalue weighted by atomic mass is 10.1. The zero-order valence-corrected chi connectivity index (χ0v) is 15.1. The maximum Gasteiger partial charge on any atom is 0.114 e. The second kappa shape index (κ2) is 13.8. The Balaban J connectivity index is 1.93. The van der Waals surface area contributed by atoms with Gasteiger partial charge in [-0.2, -0.15) is 0 Å². The molecule has 1 rings (SSSR count). The van der Waals surface area contributed by atoms with E-state index in [2.05, 4.69) is 19.1 Å². The zero-order valence-electron chi connectivity index (χ0n) is 15.1. The molecule has 5 nitrogen and oxygen atoms in total. The fourth-order valence-electron chi connectivity index (χ4n) is 2.89. The molecule has 1 heterocycles. The number of hydrogen-bond donors (Lipinski definition) is 3. The summed E-state index contributed by atoms with van der Waals surface area (Å²) in [6, 6.07) is 0. The van der Waals surface area contributed by atoms with E-state index >= 15 is 0 Å². The first-order valence-electron chi connectivity index (χ1n) is 9.55. The van der Waals surface area contributed by atoms with Crippen molar-refractivity contribution in [2.24, 2.45) is 0 Å². The molecule has 3 N–H and O–H groups in total. The van der Waals surface area contributed by atoms with E-state index in [1.54, 1.807) is 0 Å². The first kappa shape index (κ1) is 21.6. The van der Waals surface area contributed by atoms with Crippen molar-refractivity contribution >= 4 is 0 Å². The molecule has 0 aromatic carbocycles. The third-order valence-corrected chi connectivity index (χ3v) is 4.47. The molecular formula is C19H36O5. The Morgan fingerprint density at radius 2 is 1.75 bits per heavy atom. The van der Waals surface area contributed by atoms with Crippen molar-refractivity contribution in [3.8, 4) is 0 Å². The first-order chi connectivity index (χ1) is 11.7. The molecule has 24 heavy (non-hydrogen) atoms. The predicted octanol–water partition coefficient (Wildman–Crippen LogP) is 2.57. The quantitative estimate of drug-likeness (QED) is 0.333. The summed E-state index contributed by atoms with van der Waals surface area (Å²) in [5.41, 5.74) is 0. The van der Waals surface area contributed by atoms with E-state index in [0.29, 0.717) is 6.61 Å². The van der Waals surface area contributed by atoms with E-state index in [9.17, 15) is 10.2 Å². The highest BCUT2D eigenvalue weighted by Gasteiger charge is 2.40. The minimum atomic E-state index is -1.05. The summed E-state index contributed by atoms with van der Waals surface area (Å²) in [5.74, 6) is 0. The number of aliphatic hydroxyl groups excluding tert-OH is 3. The largest absolute Gasteiger partial charge is 0.394 e.